The van der Waals surface area contributed by atoms with Crippen LogP contribution in [0.15, 0.2) is 218 Å². The lowest BCUT2D eigenvalue weighted by molar-refractivity contribution is 1.67. The van der Waals surface area contributed by atoms with Crippen molar-refractivity contribution in [2.45, 2.75) is 0 Å². The van der Waals surface area contributed by atoms with E-state index in [-0.39, 0.29) is 0 Å². The van der Waals surface area contributed by atoms with Crippen LogP contribution < -0.4 is 0 Å². The molecule has 0 saturated heterocycles. The lowest BCUT2D eigenvalue weighted by Crippen LogP contribution is -1.89. The van der Waals surface area contributed by atoms with Crippen LogP contribution in [-0.2, 0) is 0 Å². The van der Waals surface area contributed by atoms with Crippen LogP contribution in [0.3, 0.4) is 0 Å². The summed E-state index contributed by atoms with van der Waals surface area (Å²) >= 11 is 0. The zero-order valence-corrected chi connectivity index (χ0v) is 32.8. The van der Waals surface area contributed by atoms with Gasteiger partial charge >= 0.3 is 0 Å². The van der Waals surface area contributed by atoms with Gasteiger partial charge in [0.1, 0.15) is 0 Å². The molecule has 0 atom stereocenters. The van der Waals surface area contributed by atoms with Gasteiger partial charge in [-0.25, -0.2) is 0 Å². The number of hydrogen-bond acceptors (Lipinski definition) is 0. The largest absolute Gasteiger partial charge is 0.0616 e. The minimum atomic E-state index is 1.23. The Morgan fingerprint density at radius 3 is 1.12 bits per heavy atom. The normalized spacial score (nSPS) is 12.0. The molecule has 0 radical (unpaired) electrons. The number of fused-ring (bicyclic) bond motifs is 15. The molecule has 0 spiro atoms. The Kier molecular flexibility index (Phi) is 7.11. The highest BCUT2D eigenvalue weighted by molar-refractivity contribution is 6.33. The fourth-order valence-corrected chi connectivity index (χ4v) is 10.3. The summed E-state index contributed by atoms with van der Waals surface area (Å²) in [7, 11) is 0. The summed E-state index contributed by atoms with van der Waals surface area (Å²) in [6.45, 7) is 0. The van der Waals surface area contributed by atoms with Gasteiger partial charge in [-0.05, 0) is 161 Å². The molecular weight excluding hydrogens is 721 g/mol. The van der Waals surface area contributed by atoms with Crippen LogP contribution in [0, 0.1) is 0 Å². The molecule has 0 fully saturated rings. The standard InChI is InChI=1S/C60H36/c1-2-12-46-37(10-1)11-9-19-47(46)44-26-30-50-42(34-44)22-20-40-32-38(24-28-48(40)50)39-25-29-49-41(33-39)21-23-43-35-45(27-31-51(43)49)58-36-59-54-15-4-3-13-52(54)53-14-5-7-17-56(53)60(59)57-18-8-6-16-55(57)58/h1-36H. The first-order valence-corrected chi connectivity index (χ1v) is 20.9. The Bertz CT molecular complexity index is 3940. The van der Waals surface area contributed by atoms with Crippen molar-refractivity contribution >= 4 is 97.0 Å². The molecule has 0 heterocycles. The van der Waals surface area contributed by atoms with Crippen molar-refractivity contribution in [3.05, 3.63) is 218 Å². The second kappa shape index (κ2) is 12.9. The fourth-order valence-electron chi connectivity index (χ4n) is 10.3. The van der Waals surface area contributed by atoms with Gasteiger partial charge in [-0.3, -0.25) is 0 Å². The Labute approximate surface area is 347 Å². The molecule has 0 heteroatoms. The highest BCUT2D eigenvalue weighted by Gasteiger charge is 2.16. The average Bonchev–Trinajstić information content (AvgIpc) is 3.32. The van der Waals surface area contributed by atoms with Crippen LogP contribution >= 0.6 is 0 Å². The smallest absolute Gasteiger partial charge is 0.00199 e. The van der Waals surface area contributed by atoms with Gasteiger partial charge in [0.05, 0.1) is 0 Å². The van der Waals surface area contributed by atoms with Crippen molar-refractivity contribution in [1.29, 1.82) is 0 Å². The summed E-state index contributed by atoms with van der Waals surface area (Å²) in [5, 5.41) is 23.1. The van der Waals surface area contributed by atoms with Gasteiger partial charge in [-0.2, -0.15) is 0 Å². The summed E-state index contributed by atoms with van der Waals surface area (Å²) < 4.78 is 0. The second-order valence-electron chi connectivity index (χ2n) is 16.4. The molecule has 0 aliphatic rings. The summed E-state index contributed by atoms with van der Waals surface area (Å²) in [5.74, 6) is 0. The van der Waals surface area contributed by atoms with E-state index < -0.39 is 0 Å². The molecule has 0 N–H and O–H groups in total. The monoisotopic (exact) mass is 756 g/mol. The molecule has 0 aliphatic heterocycles. The zero-order valence-electron chi connectivity index (χ0n) is 32.8. The Morgan fingerprint density at radius 1 is 0.167 bits per heavy atom. The van der Waals surface area contributed by atoms with Crippen LogP contribution in [0.2, 0.25) is 0 Å². The lowest BCUT2D eigenvalue weighted by atomic mass is 9.87. The van der Waals surface area contributed by atoms with Crippen LogP contribution in [0.5, 0.6) is 0 Å². The summed E-state index contributed by atoms with van der Waals surface area (Å²) in [6.07, 6.45) is 0. The van der Waals surface area contributed by atoms with E-state index in [4.69, 9.17) is 0 Å². The van der Waals surface area contributed by atoms with Crippen LogP contribution in [0.4, 0.5) is 0 Å². The minimum absolute atomic E-state index is 1.23. The third-order valence-electron chi connectivity index (χ3n) is 13.2. The molecule has 0 unspecified atom stereocenters. The Hall–Kier alpha value is -7.80. The van der Waals surface area contributed by atoms with Crippen molar-refractivity contribution < 1.29 is 0 Å². The van der Waals surface area contributed by atoms with Gasteiger partial charge in [0, 0.05) is 0 Å². The third-order valence-corrected chi connectivity index (χ3v) is 13.2. The van der Waals surface area contributed by atoms with Crippen LogP contribution in [0.1, 0.15) is 0 Å². The molecule has 0 aromatic heterocycles. The Balaban J connectivity index is 0.887. The zero-order chi connectivity index (χ0) is 39.3. The van der Waals surface area contributed by atoms with Gasteiger partial charge < -0.3 is 0 Å². The molecular formula is C60H36. The van der Waals surface area contributed by atoms with Crippen molar-refractivity contribution in [3.63, 3.8) is 0 Å². The molecule has 13 aromatic rings. The fraction of sp³-hybridized carbons (Fsp3) is 0. The van der Waals surface area contributed by atoms with E-state index in [1.54, 1.807) is 0 Å². The van der Waals surface area contributed by atoms with E-state index in [1.807, 2.05) is 0 Å². The van der Waals surface area contributed by atoms with Gasteiger partial charge in [-0.1, -0.05) is 188 Å². The van der Waals surface area contributed by atoms with Gasteiger partial charge in [0.2, 0.25) is 0 Å². The van der Waals surface area contributed by atoms with Gasteiger partial charge in [0.25, 0.3) is 0 Å². The molecule has 0 aliphatic carbocycles. The molecule has 0 saturated carbocycles. The maximum Gasteiger partial charge on any atom is -0.00199 e. The number of rotatable bonds is 3. The molecule has 276 valence electrons. The SMILES string of the molecule is c1ccc2c(-c3ccc4c(ccc5cc(-c6ccc7c(ccc8cc(-c9cc%10c%11ccccc%11c%11ccccc%11c%10c%10ccccc9%10)ccc87)c6)ccc54)c3)cccc2c1. The maximum absolute atomic E-state index is 2.44. The highest BCUT2D eigenvalue weighted by atomic mass is 14.2. The minimum Gasteiger partial charge on any atom is -0.0616 e. The van der Waals surface area contributed by atoms with Crippen LogP contribution in [0.25, 0.3) is 130 Å². The first-order chi connectivity index (χ1) is 29.7. The van der Waals surface area contributed by atoms with Gasteiger partial charge in [-0.15, -0.1) is 0 Å². The topological polar surface area (TPSA) is 0 Å². The maximum atomic E-state index is 2.44. The van der Waals surface area contributed by atoms with E-state index in [1.165, 1.54) is 130 Å². The highest BCUT2D eigenvalue weighted by Crippen LogP contribution is 2.44. The van der Waals surface area contributed by atoms with Crippen LogP contribution in [-0.4, -0.2) is 0 Å². The Morgan fingerprint density at radius 2 is 0.550 bits per heavy atom. The first-order valence-electron chi connectivity index (χ1n) is 20.9. The molecule has 13 rings (SSSR count). The predicted molar refractivity (Wildman–Crippen MR) is 260 cm³/mol. The van der Waals surface area contributed by atoms with Crippen molar-refractivity contribution in [1.82, 2.24) is 0 Å². The summed E-state index contributed by atoms with van der Waals surface area (Å²) in [5.41, 5.74) is 7.49. The molecule has 0 nitrogen and oxygen atoms in total. The van der Waals surface area contributed by atoms with E-state index >= 15 is 0 Å². The van der Waals surface area contributed by atoms with E-state index in [2.05, 4.69) is 218 Å². The third kappa shape index (κ3) is 4.98. The van der Waals surface area contributed by atoms with Crippen molar-refractivity contribution in [2.24, 2.45) is 0 Å². The molecule has 13 aromatic carbocycles. The molecule has 0 amide bonds. The second-order valence-corrected chi connectivity index (χ2v) is 16.4. The summed E-state index contributed by atoms with van der Waals surface area (Å²) in [4.78, 5) is 0. The average molecular weight is 757 g/mol. The number of benzene rings is 13. The molecule has 60 heavy (non-hydrogen) atoms. The lowest BCUT2D eigenvalue weighted by Gasteiger charge is -2.16. The van der Waals surface area contributed by atoms with E-state index in [9.17, 15) is 0 Å². The van der Waals surface area contributed by atoms with Crippen molar-refractivity contribution in [2.75, 3.05) is 0 Å². The number of hydrogen-bond donors (Lipinski definition) is 0. The van der Waals surface area contributed by atoms with Crippen molar-refractivity contribution in [3.8, 4) is 33.4 Å². The molecule has 0 bridgehead atoms. The van der Waals surface area contributed by atoms with Gasteiger partial charge in [0.15, 0.2) is 0 Å². The first kappa shape index (κ1) is 33.2. The predicted octanol–water partition coefficient (Wildman–Crippen LogP) is 17.1. The quantitative estimate of drug-likeness (QED) is 0.158. The van der Waals surface area contributed by atoms with E-state index in [0.717, 1.165) is 0 Å². The summed E-state index contributed by atoms with van der Waals surface area (Å²) in [6, 6.07) is 81.4. The van der Waals surface area contributed by atoms with E-state index in [0.29, 0.717) is 0 Å².